The van der Waals surface area contributed by atoms with Crippen LogP contribution < -0.4 is 9.47 Å². The highest BCUT2D eigenvalue weighted by Gasteiger charge is 2.20. The molecular formula is C22H21ClO4. The molecule has 0 aliphatic rings. The van der Waals surface area contributed by atoms with Crippen LogP contribution in [0.3, 0.4) is 0 Å². The van der Waals surface area contributed by atoms with E-state index in [-0.39, 0.29) is 11.9 Å². The van der Waals surface area contributed by atoms with Crippen molar-refractivity contribution in [1.29, 1.82) is 0 Å². The first kappa shape index (κ1) is 19.2. The van der Waals surface area contributed by atoms with Crippen LogP contribution in [0.2, 0.25) is 5.02 Å². The molecule has 0 spiro atoms. The fraction of sp³-hybridized carbons (Fsp3) is 0.273. The average Bonchev–Trinajstić information content (AvgIpc) is 2.64. The monoisotopic (exact) mass is 384 g/mol. The minimum absolute atomic E-state index is 0.297. The second kappa shape index (κ2) is 8.40. The summed E-state index contributed by atoms with van der Waals surface area (Å²) in [6.45, 7) is 3.85. The molecule has 3 rings (SSSR count). The zero-order valence-corrected chi connectivity index (χ0v) is 16.1. The normalized spacial score (nSPS) is 10.9. The Bertz CT molecular complexity index is 1010. The van der Waals surface area contributed by atoms with Crippen LogP contribution in [0.15, 0.2) is 42.5 Å². The molecule has 0 saturated heterocycles. The zero-order valence-electron chi connectivity index (χ0n) is 15.4. The van der Waals surface area contributed by atoms with Gasteiger partial charge in [0.05, 0.1) is 0 Å². The number of benzene rings is 3. The van der Waals surface area contributed by atoms with E-state index in [0.717, 1.165) is 5.39 Å². The van der Waals surface area contributed by atoms with E-state index in [4.69, 9.17) is 21.1 Å². The van der Waals surface area contributed by atoms with E-state index in [1.54, 1.807) is 18.2 Å². The maximum atomic E-state index is 12.2. The van der Waals surface area contributed by atoms with Crippen LogP contribution in [0.5, 0.6) is 11.5 Å². The molecule has 0 atom stereocenters. The van der Waals surface area contributed by atoms with E-state index >= 15 is 0 Å². The molecule has 0 heterocycles. The van der Waals surface area contributed by atoms with Gasteiger partial charge >= 0.3 is 11.9 Å². The van der Waals surface area contributed by atoms with Crippen LogP contribution in [-0.4, -0.2) is 11.9 Å². The molecule has 0 aromatic heterocycles. The molecular weight excluding hydrogens is 364 g/mol. The fourth-order valence-electron chi connectivity index (χ4n) is 3.03. The second-order valence-corrected chi connectivity index (χ2v) is 6.78. The number of carbonyl (C=O) groups is 2. The SMILES string of the molecule is CCCC(=O)Oc1c2ccccc2c(OC(=O)CCC)c2cc(Cl)ccc12. The van der Waals surface area contributed by atoms with Crippen molar-refractivity contribution in [2.75, 3.05) is 0 Å². The third-order valence-corrected chi connectivity index (χ3v) is 4.46. The molecule has 3 aromatic rings. The van der Waals surface area contributed by atoms with Crippen molar-refractivity contribution in [3.8, 4) is 11.5 Å². The number of hydrogen-bond acceptors (Lipinski definition) is 4. The van der Waals surface area contributed by atoms with Gasteiger partial charge in [0.15, 0.2) is 0 Å². The molecule has 0 aliphatic carbocycles. The Hall–Kier alpha value is -2.59. The van der Waals surface area contributed by atoms with E-state index in [1.165, 1.54) is 0 Å². The predicted octanol–water partition coefficient (Wildman–Crippen LogP) is 6.06. The van der Waals surface area contributed by atoms with Gasteiger partial charge in [0.2, 0.25) is 0 Å². The fourth-order valence-corrected chi connectivity index (χ4v) is 3.20. The lowest BCUT2D eigenvalue weighted by Crippen LogP contribution is -2.10. The summed E-state index contributed by atoms with van der Waals surface area (Å²) >= 11 is 6.20. The number of carbonyl (C=O) groups excluding carboxylic acids is 2. The Morgan fingerprint density at radius 1 is 0.778 bits per heavy atom. The van der Waals surface area contributed by atoms with E-state index < -0.39 is 0 Å². The van der Waals surface area contributed by atoms with E-state index in [1.807, 2.05) is 38.1 Å². The summed E-state index contributed by atoms with van der Waals surface area (Å²) in [5.74, 6) is 0.303. The number of halogens is 1. The molecule has 5 heteroatoms. The van der Waals surface area contributed by atoms with Crippen molar-refractivity contribution in [1.82, 2.24) is 0 Å². The molecule has 0 unspecified atom stereocenters. The van der Waals surface area contributed by atoms with E-state index in [0.29, 0.717) is 58.4 Å². The molecule has 0 amide bonds. The number of ether oxygens (including phenoxy) is 2. The van der Waals surface area contributed by atoms with Crippen LogP contribution in [0.4, 0.5) is 0 Å². The molecule has 0 saturated carbocycles. The van der Waals surface area contributed by atoms with Gasteiger partial charge in [-0.1, -0.05) is 49.7 Å². The van der Waals surface area contributed by atoms with Gasteiger partial charge in [-0.3, -0.25) is 9.59 Å². The second-order valence-electron chi connectivity index (χ2n) is 6.34. The van der Waals surface area contributed by atoms with Crippen LogP contribution >= 0.6 is 11.6 Å². The lowest BCUT2D eigenvalue weighted by molar-refractivity contribution is -0.135. The summed E-state index contributed by atoms with van der Waals surface area (Å²) in [6.07, 6.45) is 2.05. The van der Waals surface area contributed by atoms with Gasteiger partial charge in [-0.05, 0) is 31.0 Å². The summed E-state index contributed by atoms with van der Waals surface area (Å²) in [5, 5.41) is 3.26. The number of esters is 2. The van der Waals surface area contributed by atoms with E-state index in [9.17, 15) is 9.59 Å². The number of rotatable bonds is 6. The Morgan fingerprint density at radius 2 is 1.26 bits per heavy atom. The van der Waals surface area contributed by atoms with Crippen LogP contribution in [0.25, 0.3) is 21.5 Å². The van der Waals surface area contributed by atoms with Gasteiger partial charge in [-0.25, -0.2) is 0 Å². The third-order valence-electron chi connectivity index (χ3n) is 4.23. The smallest absolute Gasteiger partial charge is 0.311 e. The maximum absolute atomic E-state index is 12.2. The van der Waals surface area contributed by atoms with Crippen LogP contribution in [-0.2, 0) is 9.59 Å². The molecule has 0 N–H and O–H groups in total. The third kappa shape index (κ3) is 4.06. The van der Waals surface area contributed by atoms with Crippen LogP contribution in [0, 0.1) is 0 Å². The van der Waals surface area contributed by atoms with Crippen molar-refractivity contribution in [3.05, 3.63) is 47.5 Å². The summed E-state index contributed by atoms with van der Waals surface area (Å²) < 4.78 is 11.4. The van der Waals surface area contributed by atoms with Gasteiger partial charge in [-0.15, -0.1) is 0 Å². The highest BCUT2D eigenvalue weighted by Crippen LogP contribution is 2.43. The predicted molar refractivity (Wildman–Crippen MR) is 108 cm³/mol. The van der Waals surface area contributed by atoms with Crippen molar-refractivity contribution in [2.24, 2.45) is 0 Å². The van der Waals surface area contributed by atoms with Gasteiger partial charge in [0, 0.05) is 39.4 Å². The minimum Gasteiger partial charge on any atom is -0.425 e. The van der Waals surface area contributed by atoms with Crippen molar-refractivity contribution in [3.63, 3.8) is 0 Å². The Balaban J connectivity index is 2.29. The lowest BCUT2D eigenvalue weighted by atomic mass is 10.0. The van der Waals surface area contributed by atoms with Crippen LogP contribution in [0.1, 0.15) is 39.5 Å². The van der Waals surface area contributed by atoms with Gasteiger partial charge in [0.25, 0.3) is 0 Å². The first-order valence-electron chi connectivity index (χ1n) is 9.10. The molecule has 0 fully saturated rings. The van der Waals surface area contributed by atoms with Gasteiger partial charge < -0.3 is 9.47 Å². The molecule has 0 radical (unpaired) electrons. The summed E-state index contributed by atoms with van der Waals surface area (Å²) in [6, 6.07) is 12.7. The molecule has 27 heavy (non-hydrogen) atoms. The van der Waals surface area contributed by atoms with Gasteiger partial charge in [0.1, 0.15) is 11.5 Å². The lowest BCUT2D eigenvalue weighted by Gasteiger charge is -2.16. The first-order valence-corrected chi connectivity index (χ1v) is 9.48. The number of hydrogen-bond donors (Lipinski definition) is 0. The highest BCUT2D eigenvalue weighted by atomic mass is 35.5. The van der Waals surface area contributed by atoms with Crippen molar-refractivity contribution >= 4 is 45.1 Å². The average molecular weight is 385 g/mol. The molecule has 0 bridgehead atoms. The van der Waals surface area contributed by atoms with Crippen molar-refractivity contribution < 1.29 is 19.1 Å². The zero-order chi connectivity index (χ0) is 19.4. The highest BCUT2D eigenvalue weighted by molar-refractivity contribution is 6.31. The molecule has 4 nitrogen and oxygen atoms in total. The standard InChI is InChI=1S/C22H21ClO4/c1-3-7-19(24)26-21-15-9-5-6-10-16(15)22(27-20(25)8-4-2)18-13-14(23)11-12-17(18)21/h5-6,9-13H,3-4,7-8H2,1-2H3. The van der Waals surface area contributed by atoms with Gasteiger partial charge in [-0.2, -0.15) is 0 Å². The first-order chi connectivity index (χ1) is 13.0. The summed E-state index contributed by atoms with van der Waals surface area (Å²) in [7, 11) is 0. The molecule has 0 aliphatic heterocycles. The minimum atomic E-state index is -0.306. The number of fused-ring (bicyclic) bond motifs is 2. The Kier molecular flexibility index (Phi) is 5.97. The van der Waals surface area contributed by atoms with Crippen molar-refractivity contribution in [2.45, 2.75) is 39.5 Å². The molecule has 140 valence electrons. The molecule has 3 aromatic carbocycles. The Morgan fingerprint density at radius 3 is 1.78 bits per heavy atom. The topological polar surface area (TPSA) is 52.6 Å². The quantitative estimate of drug-likeness (QED) is 0.294. The van der Waals surface area contributed by atoms with E-state index in [2.05, 4.69) is 0 Å². The maximum Gasteiger partial charge on any atom is 0.311 e. The Labute approximate surface area is 163 Å². The summed E-state index contributed by atoms with van der Waals surface area (Å²) in [5.41, 5.74) is 0. The summed E-state index contributed by atoms with van der Waals surface area (Å²) in [4.78, 5) is 24.4. The largest absolute Gasteiger partial charge is 0.425 e.